The maximum absolute atomic E-state index is 10.7. The summed E-state index contributed by atoms with van der Waals surface area (Å²) >= 11 is 3.50. The molecule has 2 aliphatic rings. The van der Waals surface area contributed by atoms with Crippen molar-refractivity contribution in [3.8, 4) is 0 Å². The second-order valence-electron chi connectivity index (χ2n) is 3.47. The molecule has 0 spiro atoms. The number of fused-ring (bicyclic) bond motifs is 1. The number of hydrogen-bond donors (Lipinski definition) is 1. The Labute approximate surface area is 154 Å². The summed E-state index contributed by atoms with van der Waals surface area (Å²) in [5, 5.41) is 10.3. The van der Waals surface area contributed by atoms with Gasteiger partial charge in [-0.15, -0.1) is 0 Å². The molecule has 0 aliphatic carbocycles. The standard InChI is InChI=1S/C8H12O5.C2H2N2S.3Cu/c1-6(9)13-8(12)5-3-2-4-7(10)11;1-2-5-4-3-1;;;/h2-5H2,1H3,(H,10,11);1-2H;;;/q;-2;;;+2. The number of carboxylic acid groups (broad SMARTS) is 1. The predicted octanol–water partition coefficient (Wildman–Crippen LogP) is 1.28. The van der Waals surface area contributed by atoms with Crippen LogP contribution < -0.4 is 0 Å². The first-order valence-corrected chi connectivity index (χ1v) is 7.11. The number of rotatable bonds is 5. The van der Waals surface area contributed by atoms with E-state index in [1.54, 1.807) is 27.3 Å². The molecule has 2 radical (unpaired) electrons. The quantitative estimate of drug-likeness (QED) is 0.163. The number of hydrazine groups is 1. The summed E-state index contributed by atoms with van der Waals surface area (Å²) in [6.07, 6.45) is 3.01. The molecule has 0 amide bonds. The molecule has 0 aromatic rings. The molecule has 0 saturated carbocycles. The van der Waals surface area contributed by atoms with Crippen molar-refractivity contribution in [2.75, 3.05) is 0 Å². The second kappa shape index (κ2) is 12.6. The van der Waals surface area contributed by atoms with Gasteiger partial charge in [0, 0.05) is 53.9 Å². The normalized spacial score (nSPS) is 16.8. The minimum Gasteiger partial charge on any atom is -0.481 e. The van der Waals surface area contributed by atoms with Gasteiger partial charge in [0.2, 0.25) is 0 Å². The Bertz CT molecular complexity index is 397. The Balaban J connectivity index is 0. The van der Waals surface area contributed by atoms with Crippen molar-refractivity contribution in [2.45, 2.75) is 32.6 Å². The third-order valence-corrected chi connectivity index (χ3v) is 3.72. The molecular formula is C10H14Cu3N2O5S. The minimum absolute atomic E-state index is 0. The Morgan fingerprint density at radius 1 is 1.24 bits per heavy atom. The summed E-state index contributed by atoms with van der Waals surface area (Å²) in [5.41, 5.74) is 0. The topological polar surface area (TPSA) is 86.7 Å². The van der Waals surface area contributed by atoms with Gasteiger partial charge in [-0.25, -0.2) is 0 Å². The van der Waals surface area contributed by atoms with Crippen LogP contribution in [0.25, 0.3) is 0 Å². The van der Waals surface area contributed by atoms with Crippen LogP contribution in [-0.2, 0) is 68.7 Å². The van der Waals surface area contributed by atoms with Gasteiger partial charge in [-0.3, -0.25) is 14.4 Å². The summed E-state index contributed by atoms with van der Waals surface area (Å²) in [7, 11) is 0. The zero-order chi connectivity index (χ0) is 14.3. The smallest absolute Gasteiger partial charge is 0.313 e. The Kier molecular flexibility index (Phi) is 13.9. The Morgan fingerprint density at radius 3 is 2.19 bits per heavy atom. The van der Waals surface area contributed by atoms with E-state index in [-0.39, 0.29) is 47.0 Å². The molecule has 0 aromatic carbocycles. The van der Waals surface area contributed by atoms with Crippen molar-refractivity contribution < 1.29 is 73.8 Å². The van der Waals surface area contributed by atoms with Crippen molar-refractivity contribution >= 4 is 29.9 Å². The van der Waals surface area contributed by atoms with Gasteiger partial charge in [-0.05, 0) is 12.8 Å². The number of carbonyl (C=O) groups is 3. The average Bonchev–Trinajstić information content (AvgIpc) is 2.91. The van der Waals surface area contributed by atoms with Gasteiger partial charge in [0.1, 0.15) is 0 Å². The van der Waals surface area contributed by atoms with E-state index in [0.29, 0.717) is 12.8 Å². The van der Waals surface area contributed by atoms with Crippen LogP contribution in [0.4, 0.5) is 0 Å². The van der Waals surface area contributed by atoms with E-state index in [1.165, 1.54) is 0 Å². The second-order valence-corrected chi connectivity index (χ2v) is 5.55. The number of hydrogen-bond acceptors (Lipinski definition) is 7. The van der Waals surface area contributed by atoms with Crippen LogP contribution in [0.15, 0.2) is 11.6 Å². The SMILES string of the molecule is C1=C[N]2[Cu][N]2S1.CC(=O)OC(=O)CCCCC(=O)O.[Cu].[Cu]. The number of ether oxygens (including phenoxy) is 1. The Morgan fingerprint density at radius 2 is 1.86 bits per heavy atom. The molecule has 21 heavy (non-hydrogen) atoms. The zero-order valence-corrected chi connectivity index (χ0v) is 14.4. The van der Waals surface area contributed by atoms with E-state index in [9.17, 15) is 14.4 Å². The first-order chi connectivity index (χ1) is 8.99. The van der Waals surface area contributed by atoms with Crippen molar-refractivity contribution in [3.05, 3.63) is 11.6 Å². The van der Waals surface area contributed by atoms with E-state index >= 15 is 0 Å². The molecule has 0 aromatic heterocycles. The fraction of sp³-hybridized carbons (Fsp3) is 0.500. The van der Waals surface area contributed by atoms with Gasteiger partial charge in [-0.2, -0.15) is 0 Å². The molecule has 7 nitrogen and oxygen atoms in total. The van der Waals surface area contributed by atoms with Gasteiger partial charge >= 0.3 is 64.3 Å². The molecule has 1 saturated heterocycles. The largest absolute Gasteiger partial charge is 0.481 e. The van der Waals surface area contributed by atoms with Gasteiger partial charge in [0.25, 0.3) is 0 Å². The van der Waals surface area contributed by atoms with E-state index < -0.39 is 17.9 Å². The summed E-state index contributed by atoms with van der Waals surface area (Å²) in [6.45, 7) is 1.15. The van der Waals surface area contributed by atoms with Crippen LogP contribution in [0, 0.1) is 0 Å². The zero-order valence-electron chi connectivity index (χ0n) is 10.8. The number of carboxylic acids is 1. The van der Waals surface area contributed by atoms with Crippen molar-refractivity contribution in [2.24, 2.45) is 0 Å². The van der Waals surface area contributed by atoms with Crippen LogP contribution >= 0.6 is 11.9 Å². The number of unbranched alkanes of at least 4 members (excludes halogenated alkanes) is 1. The van der Waals surface area contributed by atoms with E-state index in [2.05, 4.69) is 8.17 Å². The van der Waals surface area contributed by atoms with Crippen molar-refractivity contribution in [3.63, 3.8) is 0 Å². The van der Waals surface area contributed by atoms with Gasteiger partial charge in [0.15, 0.2) is 0 Å². The number of nitrogens with zero attached hydrogens (tertiary/aromatic N) is 2. The van der Waals surface area contributed by atoms with E-state index in [0.717, 1.165) is 6.92 Å². The van der Waals surface area contributed by atoms with Crippen LogP contribution in [0.3, 0.4) is 0 Å². The minimum atomic E-state index is -0.889. The number of aliphatic carboxylic acids is 1. The first kappa shape index (κ1) is 23.3. The van der Waals surface area contributed by atoms with Crippen LogP contribution in [0.5, 0.6) is 0 Å². The molecule has 1 N–H and O–H groups in total. The third-order valence-electron chi connectivity index (χ3n) is 1.82. The van der Waals surface area contributed by atoms with Gasteiger partial charge in [0.05, 0.1) is 0 Å². The fourth-order valence-electron chi connectivity index (χ4n) is 1.04. The molecule has 133 valence electrons. The molecule has 2 rings (SSSR count). The molecule has 2 aliphatic heterocycles. The third kappa shape index (κ3) is 12.3. The van der Waals surface area contributed by atoms with Crippen molar-refractivity contribution in [1.29, 1.82) is 0 Å². The van der Waals surface area contributed by atoms with Crippen LogP contribution in [-0.4, -0.2) is 30.5 Å². The van der Waals surface area contributed by atoms with Crippen LogP contribution in [0.2, 0.25) is 0 Å². The summed E-state index contributed by atoms with van der Waals surface area (Å²) in [4.78, 5) is 31.0. The number of carbonyl (C=O) groups excluding carboxylic acids is 2. The monoisotopic (exact) mass is 463 g/mol. The summed E-state index contributed by atoms with van der Waals surface area (Å²) in [6, 6.07) is 0. The fourth-order valence-corrected chi connectivity index (χ4v) is 2.51. The van der Waals surface area contributed by atoms with Crippen molar-refractivity contribution in [1.82, 2.24) is 7.46 Å². The Hall–Kier alpha value is 0.0184. The van der Waals surface area contributed by atoms with Crippen LogP contribution in [0.1, 0.15) is 32.6 Å². The molecule has 1 fully saturated rings. The van der Waals surface area contributed by atoms with E-state index in [1.807, 2.05) is 15.6 Å². The van der Waals surface area contributed by atoms with Gasteiger partial charge in [-0.1, -0.05) is 0 Å². The van der Waals surface area contributed by atoms with E-state index in [4.69, 9.17) is 5.11 Å². The summed E-state index contributed by atoms with van der Waals surface area (Å²) < 4.78 is 8.35. The molecule has 1 unspecified atom stereocenters. The first-order valence-electron chi connectivity index (χ1n) is 5.43. The maximum Gasteiger partial charge on any atom is 0.313 e. The molecule has 1 atom stereocenters. The summed E-state index contributed by atoms with van der Waals surface area (Å²) in [5.74, 6) is -2.12. The maximum atomic E-state index is 10.7. The number of esters is 2. The predicted molar refractivity (Wildman–Crippen MR) is 63.3 cm³/mol. The molecule has 0 bridgehead atoms. The molecular weight excluding hydrogens is 451 g/mol. The van der Waals surface area contributed by atoms with Gasteiger partial charge < -0.3 is 9.84 Å². The molecule has 2 heterocycles. The molecule has 11 heteroatoms. The average molecular weight is 465 g/mol.